The van der Waals surface area contributed by atoms with Crippen LogP contribution < -0.4 is 5.32 Å². The van der Waals surface area contributed by atoms with Gasteiger partial charge in [-0.1, -0.05) is 20.8 Å². The molecule has 7 heteroatoms. The number of nitrogens with one attached hydrogen (secondary N) is 1. The minimum absolute atomic E-state index is 0.156. The third-order valence-corrected chi connectivity index (χ3v) is 3.49. The zero-order valence-corrected chi connectivity index (χ0v) is 13.1. The second-order valence-corrected chi connectivity index (χ2v) is 5.85. The summed E-state index contributed by atoms with van der Waals surface area (Å²) in [5.74, 6) is 1.55. The summed E-state index contributed by atoms with van der Waals surface area (Å²) in [6, 6.07) is 0.156. The zero-order chi connectivity index (χ0) is 14.4. The van der Waals surface area contributed by atoms with E-state index in [1.807, 2.05) is 10.9 Å². The first-order valence-corrected chi connectivity index (χ1v) is 7.81. The summed E-state index contributed by atoms with van der Waals surface area (Å²) in [4.78, 5) is 4.39. The first-order valence-electron chi connectivity index (χ1n) is 7.08. The lowest BCUT2D eigenvalue weighted by Gasteiger charge is -2.16. The van der Waals surface area contributed by atoms with E-state index in [1.54, 1.807) is 6.33 Å². The maximum Gasteiger partial charge on any atom is 0.138 e. The maximum atomic E-state index is 4.39. The van der Waals surface area contributed by atoms with Crippen LogP contribution in [0.5, 0.6) is 0 Å². The van der Waals surface area contributed by atoms with E-state index in [0.717, 1.165) is 37.4 Å². The first kappa shape index (κ1) is 15.1. The Morgan fingerprint density at radius 2 is 2.25 bits per heavy atom. The molecule has 0 saturated carbocycles. The van der Waals surface area contributed by atoms with Gasteiger partial charge >= 0.3 is 0 Å². The molecule has 1 unspecified atom stereocenters. The molecule has 2 aromatic heterocycles. The fourth-order valence-electron chi connectivity index (χ4n) is 2.05. The van der Waals surface area contributed by atoms with Crippen molar-refractivity contribution in [1.82, 2.24) is 28.8 Å². The third kappa shape index (κ3) is 4.08. The minimum Gasteiger partial charge on any atom is -0.308 e. The Kier molecular flexibility index (Phi) is 5.60. The van der Waals surface area contributed by atoms with Gasteiger partial charge in [0, 0.05) is 13.0 Å². The summed E-state index contributed by atoms with van der Waals surface area (Å²) in [5, 5.41) is 7.83. The van der Waals surface area contributed by atoms with E-state index >= 15 is 0 Å². The normalized spacial score (nSPS) is 13.0. The molecule has 0 fully saturated rings. The Hall–Kier alpha value is -1.34. The molecule has 0 radical (unpaired) electrons. The van der Waals surface area contributed by atoms with Crippen LogP contribution >= 0.6 is 11.7 Å². The van der Waals surface area contributed by atoms with E-state index in [2.05, 4.69) is 44.9 Å². The van der Waals surface area contributed by atoms with Crippen molar-refractivity contribution in [2.24, 2.45) is 5.92 Å². The molecule has 1 atom stereocenters. The monoisotopic (exact) mass is 294 g/mol. The van der Waals surface area contributed by atoms with Crippen molar-refractivity contribution in [3.8, 4) is 0 Å². The predicted molar refractivity (Wildman–Crippen MR) is 79.5 cm³/mol. The van der Waals surface area contributed by atoms with Gasteiger partial charge in [-0.3, -0.25) is 0 Å². The molecule has 6 nitrogen and oxygen atoms in total. The van der Waals surface area contributed by atoms with Crippen molar-refractivity contribution in [3.63, 3.8) is 0 Å². The summed E-state index contributed by atoms with van der Waals surface area (Å²) in [7, 11) is 0. The van der Waals surface area contributed by atoms with Gasteiger partial charge in [0.15, 0.2) is 0 Å². The van der Waals surface area contributed by atoms with Crippen molar-refractivity contribution in [3.05, 3.63) is 24.0 Å². The van der Waals surface area contributed by atoms with Crippen molar-refractivity contribution < 1.29 is 0 Å². The van der Waals surface area contributed by atoms with Gasteiger partial charge in [-0.25, -0.2) is 9.67 Å². The van der Waals surface area contributed by atoms with Crippen LogP contribution in [0.4, 0.5) is 0 Å². The second kappa shape index (κ2) is 7.44. The number of rotatable bonds is 8. The Balaban J connectivity index is 2.09. The average molecular weight is 294 g/mol. The van der Waals surface area contributed by atoms with Crippen molar-refractivity contribution >= 4 is 11.7 Å². The fraction of sp³-hybridized carbons (Fsp3) is 0.692. The van der Waals surface area contributed by atoms with Crippen LogP contribution in [0, 0.1) is 5.92 Å². The number of nitrogens with zero attached hydrogens (tertiary/aromatic N) is 5. The van der Waals surface area contributed by atoms with Crippen LogP contribution in [-0.2, 0) is 13.0 Å². The molecule has 0 aliphatic rings. The number of aromatic nitrogens is 5. The molecule has 2 heterocycles. The predicted octanol–water partition coefficient (Wildman–Crippen LogP) is 2.07. The Morgan fingerprint density at radius 1 is 1.40 bits per heavy atom. The van der Waals surface area contributed by atoms with Gasteiger partial charge in [-0.05, 0) is 18.9 Å². The average Bonchev–Trinajstić information content (AvgIpc) is 3.05. The molecule has 1 N–H and O–H groups in total. The molecule has 0 spiro atoms. The van der Waals surface area contributed by atoms with Gasteiger partial charge in [0.1, 0.15) is 12.2 Å². The smallest absolute Gasteiger partial charge is 0.138 e. The molecule has 110 valence electrons. The van der Waals surface area contributed by atoms with Gasteiger partial charge < -0.3 is 5.32 Å². The van der Waals surface area contributed by atoms with Crippen molar-refractivity contribution in [2.75, 3.05) is 6.54 Å². The van der Waals surface area contributed by atoms with Crippen LogP contribution in [0.3, 0.4) is 0 Å². The highest BCUT2D eigenvalue weighted by atomic mass is 32.1. The molecule has 0 saturated heterocycles. The van der Waals surface area contributed by atoms with Gasteiger partial charge in [0.2, 0.25) is 0 Å². The standard InChI is InChI=1S/C13H22N6S/c1-4-5-14-11(12-7-17-20-18-12)6-13-15-9-16-19(13)8-10(2)3/h7,9-11,14H,4-6,8H2,1-3H3. The largest absolute Gasteiger partial charge is 0.308 e. The molecule has 0 amide bonds. The van der Waals surface area contributed by atoms with Gasteiger partial charge in [0.05, 0.1) is 29.7 Å². The summed E-state index contributed by atoms with van der Waals surface area (Å²) < 4.78 is 10.4. The summed E-state index contributed by atoms with van der Waals surface area (Å²) in [6.45, 7) is 8.38. The molecular formula is C13H22N6S. The Morgan fingerprint density at radius 3 is 2.90 bits per heavy atom. The van der Waals surface area contributed by atoms with E-state index < -0.39 is 0 Å². The molecule has 2 aromatic rings. The van der Waals surface area contributed by atoms with E-state index in [0.29, 0.717) is 5.92 Å². The molecule has 0 aliphatic carbocycles. The molecule has 0 bridgehead atoms. The molecule has 0 aliphatic heterocycles. The van der Waals surface area contributed by atoms with E-state index in [9.17, 15) is 0 Å². The molecular weight excluding hydrogens is 272 g/mol. The quantitative estimate of drug-likeness (QED) is 0.807. The van der Waals surface area contributed by atoms with Gasteiger partial charge in [0.25, 0.3) is 0 Å². The summed E-state index contributed by atoms with van der Waals surface area (Å²) >= 11 is 1.25. The molecule has 20 heavy (non-hydrogen) atoms. The van der Waals surface area contributed by atoms with Gasteiger partial charge in [-0.15, -0.1) is 0 Å². The Labute approximate surface area is 124 Å². The van der Waals surface area contributed by atoms with Crippen LogP contribution in [-0.4, -0.2) is 30.1 Å². The van der Waals surface area contributed by atoms with Crippen LogP contribution in [0.25, 0.3) is 0 Å². The fourth-order valence-corrected chi connectivity index (χ4v) is 2.52. The topological polar surface area (TPSA) is 68.5 Å². The molecule has 0 aromatic carbocycles. The third-order valence-electron chi connectivity index (χ3n) is 3.00. The van der Waals surface area contributed by atoms with E-state index in [4.69, 9.17) is 0 Å². The van der Waals surface area contributed by atoms with Crippen LogP contribution in [0.2, 0.25) is 0 Å². The number of hydrogen-bond donors (Lipinski definition) is 1. The van der Waals surface area contributed by atoms with Crippen molar-refractivity contribution in [1.29, 1.82) is 0 Å². The summed E-state index contributed by atoms with van der Waals surface area (Å²) in [6.07, 6.45) is 5.35. The van der Waals surface area contributed by atoms with E-state index in [-0.39, 0.29) is 6.04 Å². The lowest BCUT2D eigenvalue weighted by Crippen LogP contribution is -2.26. The van der Waals surface area contributed by atoms with E-state index in [1.165, 1.54) is 11.7 Å². The van der Waals surface area contributed by atoms with Crippen LogP contribution in [0.1, 0.15) is 44.8 Å². The highest BCUT2D eigenvalue weighted by Crippen LogP contribution is 2.16. The first-order chi connectivity index (χ1) is 9.70. The van der Waals surface area contributed by atoms with Crippen LogP contribution in [0.15, 0.2) is 12.5 Å². The Bertz CT molecular complexity index is 493. The van der Waals surface area contributed by atoms with Crippen molar-refractivity contribution in [2.45, 2.75) is 46.2 Å². The highest BCUT2D eigenvalue weighted by molar-refractivity contribution is 6.99. The minimum atomic E-state index is 0.156. The highest BCUT2D eigenvalue weighted by Gasteiger charge is 2.18. The maximum absolute atomic E-state index is 4.39. The SMILES string of the molecule is CCCNC(Cc1ncnn1CC(C)C)c1cnsn1. The molecule has 2 rings (SSSR count). The number of hydrogen-bond acceptors (Lipinski definition) is 6. The lowest BCUT2D eigenvalue weighted by atomic mass is 10.1. The lowest BCUT2D eigenvalue weighted by molar-refractivity contribution is 0.442. The second-order valence-electron chi connectivity index (χ2n) is 5.30. The van der Waals surface area contributed by atoms with Gasteiger partial charge in [-0.2, -0.15) is 13.8 Å². The summed E-state index contributed by atoms with van der Waals surface area (Å²) in [5.41, 5.74) is 0.988. The zero-order valence-electron chi connectivity index (χ0n) is 12.3.